The highest BCUT2D eigenvalue weighted by Gasteiger charge is 2.28. The lowest BCUT2D eigenvalue weighted by Gasteiger charge is -2.32. The van der Waals surface area contributed by atoms with Gasteiger partial charge in [-0.2, -0.15) is 0 Å². The lowest BCUT2D eigenvalue weighted by molar-refractivity contribution is -0.129. The van der Waals surface area contributed by atoms with Gasteiger partial charge in [-0.05, 0) is 25.7 Å². The molecule has 9 heteroatoms. The van der Waals surface area contributed by atoms with Gasteiger partial charge >= 0.3 is 0 Å². The molecule has 3 N–H and O–H groups in total. The second-order valence-electron chi connectivity index (χ2n) is 8.81. The van der Waals surface area contributed by atoms with Crippen LogP contribution in [0.15, 0.2) is 24.9 Å². The highest BCUT2D eigenvalue weighted by Crippen LogP contribution is 2.28. The minimum atomic E-state index is -0.504. The second-order valence-corrected chi connectivity index (χ2v) is 8.81. The molecule has 1 amide bonds. The van der Waals surface area contributed by atoms with Gasteiger partial charge < -0.3 is 15.6 Å². The number of hydrogen-bond donors (Lipinski definition) is 3. The fourth-order valence-electron chi connectivity index (χ4n) is 3.69. The number of rotatable bonds is 4. The molecule has 158 valence electrons. The number of carbonyl (C=O) groups excluding carboxylic acids is 1. The molecule has 3 aromatic heterocycles. The number of nitrogens with zero attached hydrogens (tertiary/aromatic N) is 4. The van der Waals surface area contributed by atoms with Crippen LogP contribution >= 0.6 is 0 Å². The van der Waals surface area contributed by atoms with E-state index in [1.807, 2.05) is 20.8 Å². The Bertz CT molecular complexity index is 1060. The molecule has 30 heavy (non-hydrogen) atoms. The van der Waals surface area contributed by atoms with Crippen molar-refractivity contribution in [3.8, 4) is 11.4 Å². The first-order valence-corrected chi connectivity index (χ1v) is 10.2. The van der Waals surface area contributed by atoms with E-state index >= 15 is 0 Å². The molecule has 1 aliphatic rings. The lowest BCUT2D eigenvalue weighted by atomic mass is 9.89. The van der Waals surface area contributed by atoms with Crippen LogP contribution < -0.4 is 10.6 Å². The van der Waals surface area contributed by atoms with Crippen molar-refractivity contribution in [1.82, 2.24) is 30.2 Å². The van der Waals surface area contributed by atoms with Crippen molar-refractivity contribution in [3.05, 3.63) is 30.7 Å². The van der Waals surface area contributed by atoms with Gasteiger partial charge in [0.2, 0.25) is 5.91 Å². The Morgan fingerprint density at radius 1 is 1.20 bits per heavy atom. The van der Waals surface area contributed by atoms with Crippen LogP contribution in [-0.4, -0.2) is 42.9 Å². The summed E-state index contributed by atoms with van der Waals surface area (Å²) in [5.74, 6) is 0.0910. The quantitative estimate of drug-likeness (QED) is 0.607. The van der Waals surface area contributed by atoms with Gasteiger partial charge in [-0.25, -0.2) is 24.3 Å². The number of nitrogens with one attached hydrogen (secondary N) is 3. The van der Waals surface area contributed by atoms with Crippen molar-refractivity contribution in [2.24, 2.45) is 5.41 Å². The molecule has 0 unspecified atom stereocenters. The van der Waals surface area contributed by atoms with E-state index in [1.165, 1.54) is 12.5 Å². The molecule has 2 atom stereocenters. The number of anilines is 1. The van der Waals surface area contributed by atoms with Crippen molar-refractivity contribution >= 4 is 22.8 Å². The fourth-order valence-corrected chi connectivity index (χ4v) is 3.69. The molecule has 8 nitrogen and oxygen atoms in total. The number of aromatic amines is 1. The van der Waals surface area contributed by atoms with Crippen LogP contribution in [0.2, 0.25) is 0 Å². The fraction of sp³-hybridized carbons (Fsp3) is 0.476. The summed E-state index contributed by atoms with van der Waals surface area (Å²) in [6.45, 7) is 5.69. The van der Waals surface area contributed by atoms with Gasteiger partial charge in [0.1, 0.15) is 12.0 Å². The van der Waals surface area contributed by atoms with Gasteiger partial charge in [-0.15, -0.1) is 0 Å². The normalized spacial score (nSPS) is 19.6. The van der Waals surface area contributed by atoms with Gasteiger partial charge in [0.05, 0.1) is 6.20 Å². The first-order valence-electron chi connectivity index (χ1n) is 10.2. The Balaban J connectivity index is 1.51. The molecule has 3 heterocycles. The van der Waals surface area contributed by atoms with Crippen molar-refractivity contribution in [1.29, 1.82) is 0 Å². The topological polar surface area (TPSA) is 108 Å². The minimum absolute atomic E-state index is 0.0209. The van der Waals surface area contributed by atoms with Crippen LogP contribution in [0.5, 0.6) is 0 Å². The summed E-state index contributed by atoms with van der Waals surface area (Å²) in [7, 11) is 0. The summed E-state index contributed by atoms with van der Waals surface area (Å²) in [4.78, 5) is 32.1. The first kappa shape index (κ1) is 20.2. The number of H-pyrrole nitrogens is 1. The van der Waals surface area contributed by atoms with Gasteiger partial charge in [0.15, 0.2) is 17.5 Å². The molecule has 1 fully saturated rings. The number of carbonyl (C=O) groups is 1. The Morgan fingerprint density at radius 2 is 2.00 bits per heavy atom. The first-order chi connectivity index (χ1) is 14.3. The third kappa shape index (κ3) is 4.24. The summed E-state index contributed by atoms with van der Waals surface area (Å²) in [5.41, 5.74) is 0.955. The highest BCUT2D eigenvalue weighted by molar-refractivity contribution is 5.90. The summed E-state index contributed by atoms with van der Waals surface area (Å²) in [6.07, 6.45) is 9.54. The van der Waals surface area contributed by atoms with E-state index in [1.54, 1.807) is 12.4 Å². The van der Waals surface area contributed by atoms with Crippen LogP contribution in [-0.2, 0) is 4.79 Å². The van der Waals surface area contributed by atoms with Crippen molar-refractivity contribution in [3.63, 3.8) is 0 Å². The Hall–Kier alpha value is -3.10. The third-order valence-electron chi connectivity index (χ3n) is 5.37. The average Bonchev–Trinajstić information content (AvgIpc) is 3.13. The van der Waals surface area contributed by atoms with E-state index in [0.717, 1.165) is 31.1 Å². The van der Waals surface area contributed by atoms with Crippen molar-refractivity contribution in [2.45, 2.75) is 58.5 Å². The zero-order chi connectivity index (χ0) is 21.3. The largest absolute Gasteiger partial charge is 0.365 e. The maximum absolute atomic E-state index is 14.5. The molecule has 0 aromatic carbocycles. The summed E-state index contributed by atoms with van der Waals surface area (Å²) in [6, 6.07) is 0.0886. The minimum Gasteiger partial charge on any atom is -0.365 e. The lowest BCUT2D eigenvalue weighted by Crippen LogP contribution is -2.45. The van der Waals surface area contributed by atoms with E-state index < -0.39 is 11.2 Å². The number of aromatic nitrogens is 5. The van der Waals surface area contributed by atoms with E-state index in [2.05, 4.69) is 35.6 Å². The maximum atomic E-state index is 14.5. The van der Waals surface area contributed by atoms with E-state index in [4.69, 9.17) is 0 Å². The second kappa shape index (κ2) is 7.97. The number of amides is 1. The molecule has 0 aliphatic heterocycles. The number of fused-ring (bicyclic) bond motifs is 1. The van der Waals surface area contributed by atoms with E-state index in [-0.39, 0.29) is 23.8 Å². The molecule has 1 aliphatic carbocycles. The Morgan fingerprint density at radius 3 is 2.80 bits per heavy atom. The van der Waals surface area contributed by atoms with Crippen LogP contribution in [0.25, 0.3) is 22.4 Å². The zero-order valence-corrected chi connectivity index (χ0v) is 17.4. The highest BCUT2D eigenvalue weighted by atomic mass is 19.1. The predicted octanol–water partition coefficient (Wildman–Crippen LogP) is 3.44. The zero-order valence-electron chi connectivity index (χ0n) is 17.4. The Kier molecular flexibility index (Phi) is 5.36. The van der Waals surface area contributed by atoms with E-state index in [9.17, 15) is 9.18 Å². The predicted molar refractivity (Wildman–Crippen MR) is 112 cm³/mol. The van der Waals surface area contributed by atoms with Gasteiger partial charge in [-0.1, -0.05) is 20.8 Å². The smallest absolute Gasteiger partial charge is 0.225 e. The molecule has 4 rings (SSSR count). The molecule has 0 radical (unpaired) electrons. The number of hydrogen-bond acceptors (Lipinski definition) is 6. The van der Waals surface area contributed by atoms with Crippen LogP contribution in [0.4, 0.5) is 10.2 Å². The molecule has 3 aromatic rings. The van der Waals surface area contributed by atoms with E-state index in [0.29, 0.717) is 17.0 Å². The van der Waals surface area contributed by atoms with Gasteiger partial charge in [0.25, 0.3) is 0 Å². The molecule has 0 spiro atoms. The molecule has 0 bridgehead atoms. The van der Waals surface area contributed by atoms with Crippen LogP contribution in [0, 0.1) is 11.2 Å². The summed E-state index contributed by atoms with van der Waals surface area (Å²) in [5, 5.41) is 7.12. The van der Waals surface area contributed by atoms with Crippen LogP contribution in [0.1, 0.15) is 46.5 Å². The molecule has 1 saturated carbocycles. The molecular formula is C21H26FN7O. The van der Waals surface area contributed by atoms with Crippen molar-refractivity contribution in [2.75, 3.05) is 5.32 Å². The SMILES string of the molecule is CC(C)(C)C(=O)N[C@H]1CCC[C@@H](Nc2nc(-c3c[nH]c4ncncc34)ncc2F)C1. The molecule has 0 saturated heterocycles. The van der Waals surface area contributed by atoms with Crippen LogP contribution in [0.3, 0.4) is 0 Å². The van der Waals surface area contributed by atoms with Crippen molar-refractivity contribution < 1.29 is 9.18 Å². The van der Waals surface area contributed by atoms with Gasteiger partial charge in [-0.3, -0.25) is 4.79 Å². The average molecular weight is 411 g/mol. The maximum Gasteiger partial charge on any atom is 0.225 e. The standard InChI is InChI=1S/C21H26FN7O/c1-21(2,3)20(30)28-13-6-4-5-12(7-13)27-19-16(22)10-25-18(29-19)15-9-24-17-14(15)8-23-11-26-17/h8-13H,4-7H2,1-3H3,(H,28,30)(H,23,24,26)(H,25,27,29)/t12-,13+/m1/s1. The summed E-state index contributed by atoms with van der Waals surface area (Å²) < 4.78 is 14.5. The number of halogens is 1. The molecular weight excluding hydrogens is 385 g/mol. The van der Waals surface area contributed by atoms with Gasteiger partial charge in [0, 0.05) is 40.8 Å². The monoisotopic (exact) mass is 411 g/mol. The Labute approximate surface area is 174 Å². The third-order valence-corrected chi connectivity index (χ3v) is 5.37. The summed E-state index contributed by atoms with van der Waals surface area (Å²) >= 11 is 0.